The van der Waals surface area contributed by atoms with E-state index in [9.17, 15) is 9.59 Å². The van der Waals surface area contributed by atoms with Crippen molar-refractivity contribution < 1.29 is 14.7 Å². The topological polar surface area (TPSA) is 97.1 Å². The van der Waals surface area contributed by atoms with Crippen molar-refractivity contribution in [3.8, 4) is 0 Å². The van der Waals surface area contributed by atoms with Gasteiger partial charge in [-0.3, -0.25) is 4.79 Å². The van der Waals surface area contributed by atoms with Crippen molar-refractivity contribution in [3.63, 3.8) is 0 Å². The third kappa shape index (κ3) is 3.19. The second-order valence-electron chi connectivity index (χ2n) is 4.25. The molecule has 0 unspecified atom stereocenters. The van der Waals surface area contributed by atoms with Crippen LogP contribution < -0.4 is 5.32 Å². The molecule has 1 aromatic heterocycles. The fourth-order valence-electron chi connectivity index (χ4n) is 1.70. The molecular weight excluding hydrogens is 260 g/mol. The minimum absolute atomic E-state index is 0.0566. The normalized spacial score (nSPS) is 10.2. The number of carbonyl (C=O) groups excluding carboxylic acids is 1. The van der Waals surface area contributed by atoms with Gasteiger partial charge in [0.2, 0.25) is 5.91 Å². The summed E-state index contributed by atoms with van der Waals surface area (Å²) in [5.41, 5.74) is 1.20. The Balaban J connectivity index is 1.93. The molecule has 2 rings (SSSR count). The summed E-state index contributed by atoms with van der Waals surface area (Å²) in [6.07, 6.45) is 0. The van der Waals surface area contributed by atoms with Gasteiger partial charge in [-0.2, -0.15) is 0 Å². The third-order valence-electron chi connectivity index (χ3n) is 2.81. The lowest BCUT2D eigenvalue weighted by Crippen LogP contribution is -2.28. The molecule has 7 nitrogen and oxygen atoms in total. The van der Waals surface area contributed by atoms with Gasteiger partial charge in [0.25, 0.3) is 0 Å². The average Bonchev–Trinajstić information content (AvgIpc) is 2.79. The van der Waals surface area contributed by atoms with E-state index < -0.39 is 5.97 Å². The van der Waals surface area contributed by atoms with Gasteiger partial charge < -0.3 is 10.4 Å². The van der Waals surface area contributed by atoms with Crippen LogP contribution in [0.3, 0.4) is 0 Å². The second kappa shape index (κ2) is 5.96. The van der Waals surface area contributed by atoms with E-state index in [-0.39, 0.29) is 18.1 Å². The summed E-state index contributed by atoms with van der Waals surface area (Å²) in [6.45, 7) is 1.92. The number of aromatic carboxylic acids is 1. The fraction of sp³-hybridized carbons (Fsp3) is 0.231. The molecule has 0 fully saturated rings. The number of rotatable bonds is 5. The van der Waals surface area contributed by atoms with Crippen molar-refractivity contribution >= 4 is 11.9 Å². The van der Waals surface area contributed by atoms with Crippen LogP contribution in [-0.4, -0.2) is 32.0 Å². The maximum absolute atomic E-state index is 11.8. The molecule has 0 aliphatic heterocycles. The van der Waals surface area contributed by atoms with Gasteiger partial charge in [0.15, 0.2) is 5.69 Å². The SMILES string of the molecule is Cc1c(C(=O)O)nnn1CC(=O)NCc1ccccc1. The Bertz CT molecular complexity index is 622. The zero-order valence-electron chi connectivity index (χ0n) is 10.9. The number of benzene rings is 1. The van der Waals surface area contributed by atoms with Crippen molar-refractivity contribution in [1.29, 1.82) is 0 Å². The number of aromatic nitrogens is 3. The van der Waals surface area contributed by atoms with Crippen LogP contribution in [0.15, 0.2) is 30.3 Å². The third-order valence-corrected chi connectivity index (χ3v) is 2.81. The van der Waals surface area contributed by atoms with Gasteiger partial charge in [-0.05, 0) is 12.5 Å². The Labute approximate surface area is 115 Å². The van der Waals surface area contributed by atoms with Crippen LogP contribution in [0.4, 0.5) is 0 Å². The lowest BCUT2D eigenvalue weighted by Gasteiger charge is -2.06. The smallest absolute Gasteiger partial charge is 0.358 e. The van der Waals surface area contributed by atoms with Crippen LogP contribution in [0.5, 0.6) is 0 Å². The van der Waals surface area contributed by atoms with E-state index in [0.717, 1.165) is 5.56 Å². The predicted octanol–water partition coefficient (Wildman–Crippen LogP) is 0.601. The number of hydrogen-bond donors (Lipinski definition) is 2. The highest BCUT2D eigenvalue weighted by Crippen LogP contribution is 2.03. The number of carboxylic acid groups (broad SMARTS) is 1. The van der Waals surface area contributed by atoms with Crippen LogP contribution in [-0.2, 0) is 17.9 Å². The maximum Gasteiger partial charge on any atom is 0.358 e. The van der Waals surface area contributed by atoms with Gasteiger partial charge in [-0.25, -0.2) is 9.48 Å². The number of carboxylic acids is 1. The number of hydrogen-bond acceptors (Lipinski definition) is 4. The van der Waals surface area contributed by atoms with E-state index in [1.54, 1.807) is 6.92 Å². The zero-order valence-corrected chi connectivity index (χ0v) is 10.9. The standard InChI is InChI=1S/C13H14N4O3/c1-9-12(13(19)20)15-16-17(9)8-11(18)14-7-10-5-3-2-4-6-10/h2-6H,7-8H2,1H3,(H,14,18)(H,19,20). The molecule has 104 valence electrons. The van der Waals surface area contributed by atoms with Gasteiger partial charge in [0, 0.05) is 6.54 Å². The molecule has 2 N–H and O–H groups in total. The summed E-state index contributed by atoms with van der Waals surface area (Å²) in [6, 6.07) is 9.50. The summed E-state index contributed by atoms with van der Waals surface area (Å²) in [5.74, 6) is -1.41. The van der Waals surface area contributed by atoms with Crippen molar-refractivity contribution in [3.05, 3.63) is 47.3 Å². The van der Waals surface area contributed by atoms with Gasteiger partial charge in [0.05, 0.1) is 5.69 Å². The highest BCUT2D eigenvalue weighted by atomic mass is 16.4. The molecule has 7 heteroatoms. The Morgan fingerprint density at radius 2 is 2.00 bits per heavy atom. The zero-order chi connectivity index (χ0) is 14.5. The Hall–Kier alpha value is -2.70. The van der Waals surface area contributed by atoms with Gasteiger partial charge >= 0.3 is 5.97 Å². The quantitative estimate of drug-likeness (QED) is 0.832. The van der Waals surface area contributed by atoms with Crippen LogP contribution in [0.25, 0.3) is 0 Å². The van der Waals surface area contributed by atoms with E-state index in [2.05, 4.69) is 15.6 Å². The van der Waals surface area contributed by atoms with E-state index in [4.69, 9.17) is 5.11 Å². The van der Waals surface area contributed by atoms with E-state index in [1.807, 2.05) is 30.3 Å². The molecule has 1 heterocycles. The Morgan fingerprint density at radius 1 is 1.30 bits per heavy atom. The Morgan fingerprint density at radius 3 is 2.60 bits per heavy atom. The largest absolute Gasteiger partial charge is 0.476 e. The monoisotopic (exact) mass is 274 g/mol. The minimum Gasteiger partial charge on any atom is -0.476 e. The van der Waals surface area contributed by atoms with Crippen molar-refractivity contribution in [1.82, 2.24) is 20.3 Å². The fourth-order valence-corrected chi connectivity index (χ4v) is 1.70. The first-order valence-corrected chi connectivity index (χ1v) is 6.02. The number of nitrogens with one attached hydrogen (secondary N) is 1. The lowest BCUT2D eigenvalue weighted by atomic mass is 10.2. The first kappa shape index (κ1) is 13.7. The molecule has 1 aromatic carbocycles. The summed E-state index contributed by atoms with van der Waals surface area (Å²) in [5, 5.41) is 18.8. The lowest BCUT2D eigenvalue weighted by molar-refractivity contribution is -0.122. The molecule has 0 atom stereocenters. The molecule has 0 saturated carbocycles. The highest BCUT2D eigenvalue weighted by molar-refractivity contribution is 5.86. The Kier molecular flexibility index (Phi) is 4.09. The molecule has 2 aromatic rings. The van der Waals surface area contributed by atoms with E-state index >= 15 is 0 Å². The highest BCUT2D eigenvalue weighted by Gasteiger charge is 2.16. The minimum atomic E-state index is -1.15. The summed E-state index contributed by atoms with van der Waals surface area (Å²) in [4.78, 5) is 22.6. The molecule has 0 spiro atoms. The molecule has 0 aliphatic carbocycles. The molecule has 1 amide bonds. The van der Waals surface area contributed by atoms with Crippen LogP contribution in [0.1, 0.15) is 21.7 Å². The van der Waals surface area contributed by atoms with Gasteiger partial charge in [-0.1, -0.05) is 35.5 Å². The number of carbonyl (C=O) groups is 2. The molecule has 0 saturated heterocycles. The van der Waals surface area contributed by atoms with Gasteiger partial charge in [0.1, 0.15) is 6.54 Å². The van der Waals surface area contributed by atoms with E-state index in [0.29, 0.717) is 12.2 Å². The molecule has 20 heavy (non-hydrogen) atoms. The summed E-state index contributed by atoms with van der Waals surface area (Å²) in [7, 11) is 0. The van der Waals surface area contributed by atoms with Crippen LogP contribution >= 0.6 is 0 Å². The predicted molar refractivity (Wildman–Crippen MR) is 70.0 cm³/mol. The van der Waals surface area contributed by atoms with Crippen LogP contribution in [0, 0.1) is 6.92 Å². The second-order valence-corrected chi connectivity index (χ2v) is 4.25. The number of amides is 1. The molecular formula is C13H14N4O3. The summed E-state index contributed by atoms with van der Waals surface area (Å²) < 4.78 is 1.27. The number of nitrogens with zero attached hydrogens (tertiary/aromatic N) is 3. The first-order chi connectivity index (χ1) is 9.58. The molecule has 0 bridgehead atoms. The first-order valence-electron chi connectivity index (χ1n) is 6.02. The van der Waals surface area contributed by atoms with Crippen molar-refractivity contribution in [2.45, 2.75) is 20.0 Å². The average molecular weight is 274 g/mol. The molecule has 0 radical (unpaired) electrons. The summed E-state index contributed by atoms with van der Waals surface area (Å²) >= 11 is 0. The van der Waals surface area contributed by atoms with Gasteiger partial charge in [-0.15, -0.1) is 5.10 Å². The van der Waals surface area contributed by atoms with Crippen LogP contribution in [0.2, 0.25) is 0 Å². The molecule has 0 aliphatic rings. The maximum atomic E-state index is 11.8. The van der Waals surface area contributed by atoms with E-state index in [1.165, 1.54) is 4.68 Å². The van der Waals surface area contributed by atoms with Crippen molar-refractivity contribution in [2.75, 3.05) is 0 Å². The van der Waals surface area contributed by atoms with Crippen molar-refractivity contribution in [2.24, 2.45) is 0 Å².